The highest BCUT2D eigenvalue weighted by molar-refractivity contribution is 5.79. The molecule has 156 valence electrons. The van der Waals surface area contributed by atoms with Crippen LogP contribution in [0.1, 0.15) is 18.4 Å². The Morgan fingerprint density at radius 3 is 2.93 bits per heavy atom. The summed E-state index contributed by atoms with van der Waals surface area (Å²) in [7, 11) is 3.96. The number of pyridine rings is 1. The fourth-order valence-electron chi connectivity index (χ4n) is 3.36. The number of rotatable bonds is 8. The second-order valence-electron chi connectivity index (χ2n) is 7.38. The SMILES string of the molecule is CN=C(NCCCOC1CCOC1)NCc1ccnc(N2CCN(C)CC2)c1. The Kier molecular flexibility index (Phi) is 8.32. The van der Waals surface area contributed by atoms with Crippen LogP contribution >= 0.6 is 0 Å². The summed E-state index contributed by atoms with van der Waals surface area (Å²) in [6.07, 6.45) is 4.13. The highest BCUT2D eigenvalue weighted by Crippen LogP contribution is 2.14. The number of nitrogens with zero attached hydrogens (tertiary/aromatic N) is 4. The minimum Gasteiger partial charge on any atom is -0.379 e. The van der Waals surface area contributed by atoms with E-state index in [1.165, 1.54) is 5.56 Å². The highest BCUT2D eigenvalue weighted by Gasteiger charge is 2.16. The van der Waals surface area contributed by atoms with E-state index < -0.39 is 0 Å². The van der Waals surface area contributed by atoms with E-state index in [-0.39, 0.29) is 6.10 Å². The number of aromatic nitrogens is 1. The number of hydrogen-bond acceptors (Lipinski definition) is 6. The Balaban J connectivity index is 1.36. The molecule has 1 aromatic heterocycles. The highest BCUT2D eigenvalue weighted by atomic mass is 16.5. The molecule has 2 aliphatic rings. The van der Waals surface area contributed by atoms with Crippen molar-refractivity contribution in [3.63, 3.8) is 0 Å². The van der Waals surface area contributed by atoms with Crippen molar-refractivity contribution < 1.29 is 9.47 Å². The smallest absolute Gasteiger partial charge is 0.191 e. The number of likely N-dealkylation sites (N-methyl/N-ethyl adjacent to an activating group) is 1. The summed E-state index contributed by atoms with van der Waals surface area (Å²) >= 11 is 0. The molecule has 8 heteroatoms. The molecule has 8 nitrogen and oxygen atoms in total. The summed E-state index contributed by atoms with van der Waals surface area (Å²) in [5.74, 6) is 1.87. The average molecular weight is 391 g/mol. The first-order chi connectivity index (χ1) is 13.7. The Morgan fingerprint density at radius 1 is 1.32 bits per heavy atom. The number of anilines is 1. The average Bonchev–Trinajstić information content (AvgIpc) is 3.24. The van der Waals surface area contributed by atoms with E-state index >= 15 is 0 Å². The van der Waals surface area contributed by atoms with Crippen molar-refractivity contribution in [3.05, 3.63) is 23.9 Å². The number of aliphatic imine (C=N–C) groups is 1. The van der Waals surface area contributed by atoms with Crippen molar-refractivity contribution in [1.82, 2.24) is 20.5 Å². The molecule has 1 unspecified atom stereocenters. The summed E-state index contributed by atoms with van der Waals surface area (Å²) < 4.78 is 11.1. The standard InChI is InChI=1S/C20H34N6O2/c1-21-20(23-6-3-12-28-18-5-13-27-16-18)24-15-17-4-7-22-19(14-17)26-10-8-25(2)9-11-26/h4,7,14,18H,3,5-6,8-13,15-16H2,1-2H3,(H2,21,23,24). The first-order valence-corrected chi connectivity index (χ1v) is 10.3. The first-order valence-electron chi connectivity index (χ1n) is 10.3. The Bertz CT molecular complexity index is 612. The molecule has 0 amide bonds. The molecule has 0 radical (unpaired) electrons. The quantitative estimate of drug-likeness (QED) is 0.384. The molecule has 3 rings (SSSR count). The lowest BCUT2D eigenvalue weighted by molar-refractivity contribution is 0.0420. The summed E-state index contributed by atoms with van der Waals surface area (Å²) in [5.41, 5.74) is 1.21. The molecule has 0 bridgehead atoms. The van der Waals surface area contributed by atoms with Crippen LogP contribution in [0.15, 0.2) is 23.3 Å². The molecule has 0 aromatic carbocycles. The van der Waals surface area contributed by atoms with Gasteiger partial charge in [0.1, 0.15) is 5.82 Å². The van der Waals surface area contributed by atoms with Crippen LogP contribution in [0.4, 0.5) is 5.82 Å². The van der Waals surface area contributed by atoms with Crippen molar-refractivity contribution in [2.45, 2.75) is 25.5 Å². The van der Waals surface area contributed by atoms with Crippen molar-refractivity contribution in [3.8, 4) is 0 Å². The number of guanidine groups is 1. The lowest BCUT2D eigenvalue weighted by atomic mass is 10.2. The molecule has 1 atom stereocenters. The summed E-state index contributed by atoms with van der Waals surface area (Å²) in [5, 5.41) is 6.72. The van der Waals surface area contributed by atoms with Gasteiger partial charge in [0.2, 0.25) is 0 Å². The van der Waals surface area contributed by atoms with Gasteiger partial charge in [-0.25, -0.2) is 4.98 Å². The predicted octanol–water partition coefficient (Wildman–Crippen LogP) is 0.694. The molecule has 0 aliphatic carbocycles. The van der Waals surface area contributed by atoms with Gasteiger partial charge in [-0.1, -0.05) is 0 Å². The summed E-state index contributed by atoms with van der Waals surface area (Å²) in [6.45, 7) is 8.07. The van der Waals surface area contributed by atoms with E-state index in [1.807, 2.05) is 6.20 Å². The molecular formula is C20H34N6O2. The predicted molar refractivity (Wildman–Crippen MR) is 112 cm³/mol. The fourth-order valence-corrected chi connectivity index (χ4v) is 3.36. The summed E-state index contributed by atoms with van der Waals surface area (Å²) in [6, 6.07) is 4.22. The van der Waals surface area contributed by atoms with Gasteiger partial charge in [0.25, 0.3) is 0 Å². The number of hydrogen-bond donors (Lipinski definition) is 2. The van der Waals surface area contributed by atoms with Crippen LogP contribution in [0.2, 0.25) is 0 Å². The monoisotopic (exact) mass is 390 g/mol. The third kappa shape index (κ3) is 6.61. The zero-order chi connectivity index (χ0) is 19.6. The first kappa shape index (κ1) is 20.8. The van der Waals surface area contributed by atoms with E-state index in [0.717, 1.165) is 83.7 Å². The lowest BCUT2D eigenvalue weighted by Gasteiger charge is -2.33. The van der Waals surface area contributed by atoms with E-state index in [4.69, 9.17) is 9.47 Å². The van der Waals surface area contributed by atoms with Crippen LogP contribution in [0, 0.1) is 0 Å². The normalized spacial score (nSPS) is 21.1. The second kappa shape index (κ2) is 11.2. The van der Waals surface area contributed by atoms with Gasteiger partial charge in [0.15, 0.2) is 5.96 Å². The van der Waals surface area contributed by atoms with Crippen molar-refractivity contribution in [2.75, 3.05) is 71.5 Å². The second-order valence-corrected chi connectivity index (χ2v) is 7.38. The van der Waals surface area contributed by atoms with E-state index in [0.29, 0.717) is 0 Å². The zero-order valence-electron chi connectivity index (χ0n) is 17.2. The van der Waals surface area contributed by atoms with Crippen LogP contribution in [-0.4, -0.2) is 88.6 Å². The van der Waals surface area contributed by atoms with Crippen LogP contribution in [0.5, 0.6) is 0 Å². The van der Waals surface area contributed by atoms with E-state index in [1.54, 1.807) is 7.05 Å². The third-order valence-corrected chi connectivity index (χ3v) is 5.18. The van der Waals surface area contributed by atoms with Gasteiger partial charge in [-0.15, -0.1) is 0 Å². The largest absolute Gasteiger partial charge is 0.379 e. The molecule has 1 aromatic rings. The summed E-state index contributed by atoms with van der Waals surface area (Å²) in [4.78, 5) is 13.6. The van der Waals surface area contributed by atoms with E-state index in [2.05, 4.69) is 49.6 Å². The van der Waals surface area contributed by atoms with Gasteiger partial charge < -0.3 is 29.9 Å². The van der Waals surface area contributed by atoms with Crippen molar-refractivity contribution >= 4 is 11.8 Å². The fraction of sp³-hybridized carbons (Fsp3) is 0.700. The minimum absolute atomic E-state index is 0.277. The Morgan fingerprint density at radius 2 is 2.18 bits per heavy atom. The maximum atomic E-state index is 5.79. The van der Waals surface area contributed by atoms with Gasteiger partial charge in [-0.2, -0.15) is 0 Å². The van der Waals surface area contributed by atoms with Crippen LogP contribution < -0.4 is 15.5 Å². The zero-order valence-corrected chi connectivity index (χ0v) is 17.2. The third-order valence-electron chi connectivity index (χ3n) is 5.18. The number of piperazine rings is 1. The molecule has 28 heavy (non-hydrogen) atoms. The number of ether oxygens (including phenoxy) is 2. The molecule has 2 N–H and O–H groups in total. The van der Waals surface area contributed by atoms with Gasteiger partial charge >= 0.3 is 0 Å². The van der Waals surface area contributed by atoms with E-state index in [9.17, 15) is 0 Å². The van der Waals surface area contributed by atoms with Gasteiger partial charge in [-0.05, 0) is 37.6 Å². The van der Waals surface area contributed by atoms with Crippen LogP contribution in [0.3, 0.4) is 0 Å². The molecule has 2 aliphatic heterocycles. The Labute approximate surface area is 168 Å². The molecule has 2 saturated heterocycles. The Hall–Kier alpha value is -1.90. The minimum atomic E-state index is 0.277. The molecule has 2 fully saturated rings. The van der Waals surface area contributed by atoms with Crippen molar-refractivity contribution in [2.24, 2.45) is 4.99 Å². The molecular weight excluding hydrogens is 356 g/mol. The topological polar surface area (TPSA) is 74.2 Å². The van der Waals surface area contributed by atoms with Crippen LogP contribution in [0.25, 0.3) is 0 Å². The lowest BCUT2D eigenvalue weighted by Crippen LogP contribution is -2.44. The van der Waals surface area contributed by atoms with Gasteiger partial charge in [-0.3, -0.25) is 4.99 Å². The van der Waals surface area contributed by atoms with Crippen molar-refractivity contribution in [1.29, 1.82) is 0 Å². The number of nitrogens with one attached hydrogen (secondary N) is 2. The molecule has 3 heterocycles. The maximum Gasteiger partial charge on any atom is 0.191 e. The molecule has 0 spiro atoms. The van der Waals surface area contributed by atoms with Gasteiger partial charge in [0.05, 0.1) is 12.7 Å². The van der Waals surface area contributed by atoms with Gasteiger partial charge in [0, 0.05) is 65.7 Å². The van der Waals surface area contributed by atoms with Crippen LogP contribution in [-0.2, 0) is 16.0 Å². The molecule has 0 saturated carbocycles. The maximum absolute atomic E-state index is 5.79.